The van der Waals surface area contributed by atoms with E-state index in [1.165, 1.54) is 6.07 Å². The molecule has 1 unspecified atom stereocenters. The number of nitrogens with one attached hydrogen (secondary N) is 3. The summed E-state index contributed by atoms with van der Waals surface area (Å²) in [5, 5.41) is 6.65. The quantitative estimate of drug-likeness (QED) is 0.660. The average Bonchev–Trinajstić information content (AvgIpc) is 3.33. The molecule has 1 aliphatic heterocycles. The maximum absolute atomic E-state index is 14.0. The van der Waals surface area contributed by atoms with Crippen LogP contribution in [0.4, 0.5) is 15.8 Å². The van der Waals surface area contributed by atoms with Crippen molar-refractivity contribution in [3.63, 3.8) is 0 Å². The van der Waals surface area contributed by atoms with Crippen LogP contribution >= 0.6 is 0 Å². The van der Waals surface area contributed by atoms with Crippen LogP contribution in [0.2, 0.25) is 0 Å². The number of rotatable bonds is 4. The summed E-state index contributed by atoms with van der Waals surface area (Å²) < 4.78 is 14.0. The zero-order valence-electron chi connectivity index (χ0n) is 15.5. The molecule has 27 heavy (non-hydrogen) atoms. The third kappa shape index (κ3) is 3.40. The summed E-state index contributed by atoms with van der Waals surface area (Å²) in [5.41, 5.74) is 3.72. The minimum absolute atomic E-state index is 0.281. The van der Waals surface area contributed by atoms with Gasteiger partial charge in [0.1, 0.15) is 11.5 Å². The van der Waals surface area contributed by atoms with Crippen LogP contribution in [0.15, 0.2) is 42.5 Å². The Hall–Kier alpha value is -2.86. The maximum atomic E-state index is 14.0. The molecular formula is C21H23FN4O. The van der Waals surface area contributed by atoms with Crippen LogP contribution in [0.1, 0.15) is 22.5 Å². The number of nitrogens with zero attached hydrogens (tertiary/aromatic N) is 1. The number of hydrogen-bond acceptors (Lipinski definition) is 3. The molecule has 5 nitrogen and oxygen atoms in total. The number of halogens is 1. The fourth-order valence-corrected chi connectivity index (χ4v) is 3.66. The molecule has 4 rings (SSSR count). The van der Waals surface area contributed by atoms with Gasteiger partial charge in [-0.2, -0.15) is 0 Å². The van der Waals surface area contributed by atoms with E-state index in [1.807, 2.05) is 32.2 Å². The average molecular weight is 366 g/mol. The number of carbonyl (C=O) groups excluding carboxylic acids is 1. The van der Waals surface area contributed by atoms with Crippen molar-refractivity contribution >= 4 is 28.2 Å². The molecule has 0 aliphatic carbocycles. The number of anilines is 2. The molecule has 1 aromatic heterocycles. The van der Waals surface area contributed by atoms with Gasteiger partial charge < -0.3 is 20.5 Å². The van der Waals surface area contributed by atoms with Crippen molar-refractivity contribution in [3.05, 3.63) is 59.5 Å². The molecule has 140 valence electrons. The summed E-state index contributed by atoms with van der Waals surface area (Å²) in [6.45, 7) is 3.83. The Morgan fingerprint density at radius 3 is 2.85 bits per heavy atom. The van der Waals surface area contributed by atoms with E-state index in [0.29, 0.717) is 22.6 Å². The van der Waals surface area contributed by atoms with Crippen molar-refractivity contribution in [1.29, 1.82) is 0 Å². The number of carbonyl (C=O) groups is 1. The summed E-state index contributed by atoms with van der Waals surface area (Å²) in [7, 11) is 1.98. The first-order chi connectivity index (χ1) is 13.0. The van der Waals surface area contributed by atoms with Gasteiger partial charge in [-0.05, 0) is 56.3 Å². The van der Waals surface area contributed by atoms with Crippen LogP contribution in [-0.2, 0) is 0 Å². The first-order valence-electron chi connectivity index (χ1n) is 9.16. The van der Waals surface area contributed by atoms with Crippen LogP contribution < -0.4 is 15.5 Å². The second-order valence-corrected chi connectivity index (χ2v) is 7.06. The minimum atomic E-state index is -0.332. The summed E-state index contributed by atoms with van der Waals surface area (Å²) >= 11 is 0. The van der Waals surface area contributed by atoms with Gasteiger partial charge in [-0.3, -0.25) is 4.79 Å². The Kier molecular flexibility index (Phi) is 4.58. The predicted molar refractivity (Wildman–Crippen MR) is 107 cm³/mol. The third-order valence-corrected chi connectivity index (χ3v) is 5.26. The van der Waals surface area contributed by atoms with Gasteiger partial charge in [-0.25, -0.2) is 4.39 Å². The lowest BCUT2D eigenvalue weighted by Gasteiger charge is -2.19. The molecular weight excluding hydrogens is 343 g/mol. The highest BCUT2D eigenvalue weighted by Gasteiger charge is 2.21. The lowest BCUT2D eigenvalue weighted by molar-refractivity contribution is 0.102. The summed E-state index contributed by atoms with van der Waals surface area (Å²) in [6, 6.07) is 13.0. The van der Waals surface area contributed by atoms with E-state index in [9.17, 15) is 9.18 Å². The standard InChI is InChI=1S/C21H23FN4O/c1-13-6-7-18(22)17-11-19(25-20(13)17)21(27)24-14-4-3-5-16(10-14)26-9-8-15(12-26)23-2/h3-7,10-11,15,23,25H,8-9,12H2,1-2H3,(H,24,27). The summed E-state index contributed by atoms with van der Waals surface area (Å²) in [4.78, 5) is 18.0. The Morgan fingerprint density at radius 1 is 1.26 bits per heavy atom. The van der Waals surface area contributed by atoms with Gasteiger partial charge in [0.25, 0.3) is 5.91 Å². The smallest absolute Gasteiger partial charge is 0.272 e. The Bertz CT molecular complexity index is 958. The van der Waals surface area contributed by atoms with E-state index in [-0.39, 0.29) is 11.7 Å². The highest BCUT2D eigenvalue weighted by Crippen LogP contribution is 2.25. The fourth-order valence-electron chi connectivity index (χ4n) is 3.66. The van der Waals surface area contributed by atoms with Crippen LogP contribution in [0.3, 0.4) is 0 Å². The van der Waals surface area contributed by atoms with Gasteiger partial charge in [0, 0.05) is 35.9 Å². The van der Waals surface area contributed by atoms with Crippen LogP contribution in [-0.4, -0.2) is 37.1 Å². The van der Waals surface area contributed by atoms with Gasteiger partial charge in [0.05, 0.1) is 5.52 Å². The SMILES string of the molecule is CNC1CCN(c2cccc(NC(=O)c3cc4c(F)ccc(C)c4[nH]3)c2)C1. The molecule has 1 fully saturated rings. The van der Waals surface area contributed by atoms with Crippen LogP contribution in [0.5, 0.6) is 0 Å². The molecule has 1 saturated heterocycles. The second kappa shape index (κ2) is 7.04. The van der Waals surface area contributed by atoms with Gasteiger partial charge >= 0.3 is 0 Å². The van der Waals surface area contributed by atoms with E-state index in [4.69, 9.17) is 0 Å². The minimum Gasteiger partial charge on any atom is -0.370 e. The first-order valence-corrected chi connectivity index (χ1v) is 9.16. The van der Waals surface area contributed by atoms with Gasteiger partial charge in [0.15, 0.2) is 0 Å². The van der Waals surface area contributed by atoms with Crippen molar-refractivity contribution in [3.8, 4) is 0 Å². The molecule has 1 aliphatic rings. The molecule has 2 aromatic carbocycles. The van der Waals surface area contributed by atoms with Crippen molar-refractivity contribution in [1.82, 2.24) is 10.3 Å². The lowest BCUT2D eigenvalue weighted by Crippen LogP contribution is -2.29. The van der Waals surface area contributed by atoms with Crippen molar-refractivity contribution in [2.45, 2.75) is 19.4 Å². The Labute approximate surface area is 157 Å². The maximum Gasteiger partial charge on any atom is 0.272 e. The normalized spacial score (nSPS) is 16.9. The number of aromatic amines is 1. The molecule has 0 bridgehead atoms. The number of hydrogen-bond donors (Lipinski definition) is 3. The Balaban J connectivity index is 1.54. The molecule has 0 radical (unpaired) electrons. The number of H-pyrrole nitrogens is 1. The van der Waals surface area contributed by atoms with E-state index in [0.717, 1.165) is 36.4 Å². The summed E-state index contributed by atoms with van der Waals surface area (Å²) in [6.07, 6.45) is 1.10. The van der Waals surface area contributed by atoms with Gasteiger partial charge in [-0.1, -0.05) is 12.1 Å². The molecule has 3 N–H and O–H groups in total. The zero-order valence-corrected chi connectivity index (χ0v) is 15.5. The number of aryl methyl sites for hydroxylation is 1. The molecule has 0 spiro atoms. The van der Waals surface area contributed by atoms with E-state index in [1.54, 1.807) is 12.1 Å². The molecule has 2 heterocycles. The topological polar surface area (TPSA) is 60.2 Å². The highest BCUT2D eigenvalue weighted by molar-refractivity contribution is 6.06. The van der Waals surface area contributed by atoms with Gasteiger partial charge in [0.2, 0.25) is 0 Å². The number of amides is 1. The number of likely N-dealkylation sites (N-methyl/N-ethyl adjacent to an activating group) is 1. The predicted octanol–water partition coefficient (Wildman–Crippen LogP) is 3.67. The largest absolute Gasteiger partial charge is 0.370 e. The fraction of sp³-hybridized carbons (Fsp3) is 0.286. The number of fused-ring (bicyclic) bond motifs is 1. The number of aromatic nitrogens is 1. The van der Waals surface area contributed by atoms with Crippen LogP contribution in [0, 0.1) is 12.7 Å². The van der Waals surface area contributed by atoms with E-state index in [2.05, 4.69) is 26.6 Å². The van der Waals surface area contributed by atoms with Gasteiger partial charge in [-0.15, -0.1) is 0 Å². The van der Waals surface area contributed by atoms with E-state index >= 15 is 0 Å². The first kappa shape index (κ1) is 17.5. The second-order valence-electron chi connectivity index (χ2n) is 7.06. The molecule has 1 atom stereocenters. The highest BCUT2D eigenvalue weighted by atomic mass is 19.1. The molecule has 3 aromatic rings. The molecule has 1 amide bonds. The van der Waals surface area contributed by atoms with E-state index < -0.39 is 0 Å². The lowest BCUT2D eigenvalue weighted by atomic mass is 10.1. The third-order valence-electron chi connectivity index (χ3n) is 5.26. The monoisotopic (exact) mass is 366 g/mol. The van der Waals surface area contributed by atoms with Crippen molar-refractivity contribution < 1.29 is 9.18 Å². The number of benzene rings is 2. The van der Waals surface area contributed by atoms with Crippen molar-refractivity contribution in [2.24, 2.45) is 0 Å². The van der Waals surface area contributed by atoms with Crippen molar-refractivity contribution in [2.75, 3.05) is 30.4 Å². The van der Waals surface area contributed by atoms with Crippen LogP contribution in [0.25, 0.3) is 10.9 Å². The molecule has 6 heteroatoms. The molecule has 0 saturated carbocycles. The summed E-state index contributed by atoms with van der Waals surface area (Å²) in [5.74, 6) is -0.613. The zero-order chi connectivity index (χ0) is 19.0. The Morgan fingerprint density at radius 2 is 2.11 bits per heavy atom.